The van der Waals surface area contributed by atoms with Crippen molar-refractivity contribution in [3.8, 4) is 0 Å². The van der Waals surface area contributed by atoms with Crippen LogP contribution in [0.25, 0.3) is 0 Å². The van der Waals surface area contributed by atoms with Gasteiger partial charge in [-0.2, -0.15) is 0 Å². The summed E-state index contributed by atoms with van der Waals surface area (Å²) in [7, 11) is 0. The molecule has 0 saturated carbocycles. The molecule has 1 N–H and O–H groups in total. The van der Waals surface area contributed by atoms with E-state index in [1.54, 1.807) is 19.1 Å². The van der Waals surface area contributed by atoms with Gasteiger partial charge in [0.05, 0.1) is 6.10 Å². The van der Waals surface area contributed by atoms with E-state index in [2.05, 4.69) is 0 Å². The van der Waals surface area contributed by atoms with E-state index in [1.165, 1.54) is 12.1 Å². The molecule has 0 radical (unpaired) electrons. The van der Waals surface area contributed by atoms with Gasteiger partial charge in [0.25, 0.3) is 0 Å². The van der Waals surface area contributed by atoms with Gasteiger partial charge in [-0.3, -0.25) is 0 Å². The summed E-state index contributed by atoms with van der Waals surface area (Å²) in [5.74, 6) is -0.247. The fourth-order valence-corrected chi connectivity index (χ4v) is 1.01. The van der Waals surface area contributed by atoms with Crippen LogP contribution in [0.4, 0.5) is 4.39 Å². The number of aliphatic hydroxyl groups excluding tert-OH is 1. The van der Waals surface area contributed by atoms with Gasteiger partial charge in [-0.25, -0.2) is 4.39 Å². The first-order valence-corrected chi connectivity index (χ1v) is 3.61. The van der Waals surface area contributed by atoms with Crippen molar-refractivity contribution in [3.63, 3.8) is 0 Å². The third-order valence-corrected chi connectivity index (χ3v) is 1.42. The molecule has 0 amide bonds. The number of hydrogen-bond donors (Lipinski definition) is 1. The largest absolute Gasteiger partial charge is 0.393 e. The Bertz CT molecular complexity index is 233. The molecule has 11 heavy (non-hydrogen) atoms. The minimum absolute atomic E-state index is 0.247. The van der Waals surface area contributed by atoms with E-state index in [0.29, 0.717) is 6.42 Å². The maximum absolute atomic E-state index is 12.5. The smallest absolute Gasteiger partial charge is 0.123 e. The van der Waals surface area contributed by atoms with Crippen LogP contribution < -0.4 is 0 Å². The van der Waals surface area contributed by atoms with Crippen molar-refractivity contribution in [2.45, 2.75) is 19.4 Å². The molecule has 0 bridgehead atoms. The highest BCUT2D eigenvalue weighted by molar-refractivity contribution is 5.16. The lowest BCUT2D eigenvalue weighted by Gasteiger charge is -2.02. The van der Waals surface area contributed by atoms with Crippen LogP contribution in [0, 0.1) is 5.82 Å². The van der Waals surface area contributed by atoms with Gasteiger partial charge in [0.2, 0.25) is 0 Å². The Morgan fingerprint density at radius 3 is 2.82 bits per heavy atom. The zero-order valence-corrected chi connectivity index (χ0v) is 6.42. The van der Waals surface area contributed by atoms with Crippen molar-refractivity contribution in [2.24, 2.45) is 0 Å². The fourth-order valence-electron chi connectivity index (χ4n) is 1.01. The summed E-state index contributed by atoms with van der Waals surface area (Å²) >= 11 is 0. The first-order chi connectivity index (χ1) is 5.18. The number of hydrogen-bond acceptors (Lipinski definition) is 1. The van der Waals surface area contributed by atoms with Gasteiger partial charge in [-0.15, -0.1) is 0 Å². The highest BCUT2D eigenvalue weighted by Crippen LogP contribution is 2.05. The summed E-state index contributed by atoms with van der Waals surface area (Å²) in [5, 5.41) is 8.97. The lowest BCUT2D eigenvalue weighted by atomic mass is 10.1. The molecule has 1 unspecified atom stereocenters. The minimum Gasteiger partial charge on any atom is -0.393 e. The van der Waals surface area contributed by atoms with Gasteiger partial charge < -0.3 is 5.11 Å². The normalized spacial score (nSPS) is 13.0. The van der Waals surface area contributed by atoms with Crippen molar-refractivity contribution in [2.75, 3.05) is 0 Å². The second-order valence-electron chi connectivity index (χ2n) is 2.68. The SMILES string of the molecule is CC(O)Cc1cccc(F)c1. The van der Waals surface area contributed by atoms with Crippen LogP contribution in [-0.2, 0) is 6.42 Å². The van der Waals surface area contributed by atoms with E-state index in [0.717, 1.165) is 5.56 Å². The van der Waals surface area contributed by atoms with Gasteiger partial charge in [-0.05, 0) is 31.0 Å². The third-order valence-electron chi connectivity index (χ3n) is 1.42. The molecule has 1 nitrogen and oxygen atoms in total. The van der Waals surface area contributed by atoms with Crippen LogP contribution in [0.2, 0.25) is 0 Å². The maximum Gasteiger partial charge on any atom is 0.123 e. The molecule has 0 saturated heterocycles. The average molecular weight is 154 g/mol. The summed E-state index contributed by atoms with van der Waals surface area (Å²) in [6.45, 7) is 1.69. The minimum atomic E-state index is -0.406. The van der Waals surface area contributed by atoms with Crippen molar-refractivity contribution >= 4 is 0 Å². The molecule has 0 spiro atoms. The number of aliphatic hydroxyl groups is 1. The molecule has 0 aliphatic rings. The first-order valence-electron chi connectivity index (χ1n) is 3.61. The maximum atomic E-state index is 12.5. The Kier molecular flexibility index (Phi) is 2.60. The predicted molar refractivity (Wildman–Crippen MR) is 41.8 cm³/mol. The Labute approximate surface area is 65.5 Å². The fraction of sp³-hybridized carbons (Fsp3) is 0.333. The lowest BCUT2D eigenvalue weighted by Crippen LogP contribution is -2.03. The summed E-state index contributed by atoms with van der Waals surface area (Å²) in [6.07, 6.45) is 0.106. The molecule has 1 rings (SSSR count). The topological polar surface area (TPSA) is 20.2 Å². The van der Waals surface area contributed by atoms with Crippen molar-refractivity contribution in [1.29, 1.82) is 0 Å². The summed E-state index contributed by atoms with van der Waals surface area (Å²) < 4.78 is 12.5. The van der Waals surface area contributed by atoms with E-state index in [9.17, 15) is 4.39 Å². The van der Waals surface area contributed by atoms with Crippen LogP contribution >= 0.6 is 0 Å². The average Bonchev–Trinajstić information content (AvgIpc) is 1.85. The van der Waals surface area contributed by atoms with Crippen LogP contribution in [0.1, 0.15) is 12.5 Å². The van der Waals surface area contributed by atoms with Crippen molar-refractivity contribution < 1.29 is 9.50 Å². The number of halogens is 1. The van der Waals surface area contributed by atoms with Gasteiger partial charge >= 0.3 is 0 Å². The summed E-state index contributed by atoms with van der Waals surface area (Å²) in [5.41, 5.74) is 0.833. The highest BCUT2D eigenvalue weighted by atomic mass is 19.1. The molecule has 0 aliphatic carbocycles. The molecule has 0 heterocycles. The van der Waals surface area contributed by atoms with E-state index in [1.807, 2.05) is 0 Å². The zero-order valence-electron chi connectivity index (χ0n) is 6.42. The molecule has 0 aromatic heterocycles. The van der Waals surface area contributed by atoms with Crippen molar-refractivity contribution in [1.82, 2.24) is 0 Å². The van der Waals surface area contributed by atoms with Crippen LogP contribution in [0.3, 0.4) is 0 Å². The molecule has 1 aromatic rings. The first kappa shape index (κ1) is 8.21. The summed E-state index contributed by atoms with van der Waals surface area (Å²) in [4.78, 5) is 0. The number of rotatable bonds is 2. The molecular weight excluding hydrogens is 143 g/mol. The van der Waals surface area contributed by atoms with Crippen LogP contribution in [0.15, 0.2) is 24.3 Å². The van der Waals surface area contributed by atoms with E-state index >= 15 is 0 Å². The van der Waals surface area contributed by atoms with E-state index in [4.69, 9.17) is 5.11 Å². The molecule has 2 heteroatoms. The monoisotopic (exact) mass is 154 g/mol. The second-order valence-corrected chi connectivity index (χ2v) is 2.68. The van der Waals surface area contributed by atoms with Crippen LogP contribution in [0.5, 0.6) is 0 Å². The molecule has 1 aromatic carbocycles. The van der Waals surface area contributed by atoms with Gasteiger partial charge in [0, 0.05) is 0 Å². The highest BCUT2D eigenvalue weighted by Gasteiger charge is 1.98. The standard InChI is InChI=1S/C9H11FO/c1-7(11)5-8-3-2-4-9(10)6-8/h2-4,6-7,11H,5H2,1H3. The van der Waals surface area contributed by atoms with E-state index < -0.39 is 6.10 Å². The molecule has 0 aliphatic heterocycles. The number of benzene rings is 1. The Hall–Kier alpha value is -0.890. The van der Waals surface area contributed by atoms with Crippen LogP contribution in [-0.4, -0.2) is 11.2 Å². The van der Waals surface area contributed by atoms with Gasteiger partial charge in [0.15, 0.2) is 0 Å². The molecule has 0 fully saturated rings. The molecule has 60 valence electrons. The second kappa shape index (κ2) is 3.49. The molecule has 1 atom stereocenters. The van der Waals surface area contributed by atoms with E-state index in [-0.39, 0.29) is 5.82 Å². The predicted octanol–water partition coefficient (Wildman–Crippen LogP) is 1.75. The Morgan fingerprint density at radius 1 is 1.55 bits per heavy atom. The Morgan fingerprint density at radius 2 is 2.27 bits per heavy atom. The zero-order chi connectivity index (χ0) is 8.27. The summed E-state index contributed by atoms with van der Waals surface area (Å²) in [6, 6.07) is 6.28. The Balaban J connectivity index is 2.71. The quantitative estimate of drug-likeness (QED) is 0.688. The van der Waals surface area contributed by atoms with Crippen molar-refractivity contribution in [3.05, 3.63) is 35.6 Å². The van der Waals surface area contributed by atoms with Gasteiger partial charge in [0.1, 0.15) is 5.82 Å². The third kappa shape index (κ3) is 2.68. The lowest BCUT2D eigenvalue weighted by molar-refractivity contribution is 0.195. The van der Waals surface area contributed by atoms with Gasteiger partial charge in [-0.1, -0.05) is 12.1 Å². The molecular formula is C9H11FO.